The average Bonchev–Trinajstić information content (AvgIpc) is 2.88. The molecule has 0 amide bonds. The summed E-state index contributed by atoms with van der Waals surface area (Å²) >= 11 is 1.12. The highest BCUT2D eigenvalue weighted by Crippen LogP contribution is 2.65. The highest BCUT2D eigenvalue weighted by atomic mass is 32.1. The van der Waals surface area contributed by atoms with Gasteiger partial charge in [0, 0.05) is 12.6 Å². The molecule has 1 aromatic rings. The molecule has 0 aliphatic heterocycles. The monoisotopic (exact) mass is 281 g/mol. The van der Waals surface area contributed by atoms with Gasteiger partial charge in [-0.25, -0.2) is 0 Å². The molecule has 1 aromatic heterocycles. The maximum atomic E-state index is 9.90. The smallest absolute Gasteiger partial charge is 0.245 e. The Morgan fingerprint density at radius 3 is 2.89 bits per heavy atom. The fraction of sp³-hybridized carbons (Fsp3) is 0.846. The summed E-state index contributed by atoms with van der Waals surface area (Å²) in [5.74, 6) is 4.28. The third-order valence-electron chi connectivity index (χ3n) is 5.09. The van der Waals surface area contributed by atoms with Crippen LogP contribution >= 0.6 is 11.7 Å². The number of fused-ring (bicyclic) bond motifs is 5. The average molecular weight is 281 g/mol. The molecule has 3 aliphatic carbocycles. The lowest BCUT2D eigenvalue weighted by molar-refractivity contribution is 0.103. The summed E-state index contributed by atoms with van der Waals surface area (Å²) in [6.07, 6.45) is 5.45. The number of aliphatic hydroxyl groups is 1. The van der Waals surface area contributed by atoms with Crippen LogP contribution in [0.3, 0.4) is 0 Å². The molecule has 19 heavy (non-hydrogen) atoms. The van der Waals surface area contributed by atoms with Crippen molar-refractivity contribution in [2.45, 2.75) is 31.4 Å². The maximum absolute atomic E-state index is 9.90. The van der Waals surface area contributed by atoms with E-state index in [9.17, 15) is 5.11 Å². The van der Waals surface area contributed by atoms with Gasteiger partial charge in [-0.2, -0.15) is 4.37 Å². The Bertz CT molecular complexity index is 425. The van der Waals surface area contributed by atoms with Crippen LogP contribution < -0.4 is 10.1 Å². The first-order chi connectivity index (χ1) is 9.33. The van der Waals surface area contributed by atoms with E-state index in [0.29, 0.717) is 18.5 Å². The molecule has 0 saturated heterocycles. The summed E-state index contributed by atoms with van der Waals surface area (Å²) in [6.45, 7) is 0.905. The van der Waals surface area contributed by atoms with E-state index in [1.54, 1.807) is 6.20 Å². The van der Waals surface area contributed by atoms with E-state index in [1.165, 1.54) is 19.3 Å². The third-order valence-corrected chi connectivity index (χ3v) is 5.55. The van der Waals surface area contributed by atoms with Crippen LogP contribution in [0.5, 0.6) is 5.88 Å². The molecule has 3 saturated carbocycles. The van der Waals surface area contributed by atoms with Gasteiger partial charge in [0.2, 0.25) is 5.88 Å². The number of aliphatic hydroxyl groups excluding tert-OH is 1. The normalized spacial score (nSPS) is 40.2. The number of nitrogens with zero attached hydrogens (tertiary/aromatic N) is 2. The van der Waals surface area contributed by atoms with E-state index in [-0.39, 0.29) is 6.61 Å². The Hall–Kier alpha value is -0.720. The number of hydrogen-bond acceptors (Lipinski definition) is 6. The SMILES string of the molecule is OC(CNC1C2C3CCC(C3)C12)COc1cnsn1. The van der Waals surface area contributed by atoms with Crippen molar-refractivity contribution in [3.8, 4) is 5.88 Å². The molecule has 3 aliphatic rings. The summed E-state index contributed by atoms with van der Waals surface area (Å²) in [4.78, 5) is 0. The number of hydrogen-bond donors (Lipinski definition) is 2. The van der Waals surface area contributed by atoms with Gasteiger partial charge < -0.3 is 15.2 Å². The molecule has 104 valence electrons. The second-order valence-corrected chi connectivity index (χ2v) is 6.69. The second kappa shape index (κ2) is 4.68. The van der Waals surface area contributed by atoms with Crippen LogP contribution in [0.1, 0.15) is 19.3 Å². The van der Waals surface area contributed by atoms with Gasteiger partial charge in [0.05, 0.1) is 11.7 Å². The molecule has 5 nitrogen and oxygen atoms in total. The van der Waals surface area contributed by atoms with E-state index in [4.69, 9.17) is 4.74 Å². The van der Waals surface area contributed by atoms with Crippen molar-refractivity contribution in [3.05, 3.63) is 6.20 Å². The minimum atomic E-state index is -0.472. The fourth-order valence-corrected chi connectivity index (χ4v) is 4.70. The zero-order valence-corrected chi connectivity index (χ0v) is 11.6. The molecule has 2 N–H and O–H groups in total. The van der Waals surface area contributed by atoms with Crippen molar-refractivity contribution in [3.63, 3.8) is 0 Å². The Morgan fingerprint density at radius 2 is 2.21 bits per heavy atom. The van der Waals surface area contributed by atoms with Crippen molar-refractivity contribution >= 4 is 11.7 Å². The molecule has 3 fully saturated rings. The van der Waals surface area contributed by atoms with Gasteiger partial charge in [0.15, 0.2) is 0 Å². The summed E-state index contributed by atoms with van der Waals surface area (Å²) in [6, 6.07) is 0.668. The first kappa shape index (κ1) is 12.1. The molecule has 0 radical (unpaired) electrons. The number of ether oxygens (including phenoxy) is 1. The van der Waals surface area contributed by atoms with E-state index >= 15 is 0 Å². The predicted octanol–water partition coefficient (Wildman–Crippen LogP) is 0.912. The number of rotatable bonds is 6. The lowest BCUT2D eigenvalue weighted by Crippen LogP contribution is -2.34. The number of aromatic nitrogens is 2. The van der Waals surface area contributed by atoms with Crippen LogP contribution in [0, 0.1) is 23.7 Å². The van der Waals surface area contributed by atoms with Crippen LogP contribution in [0.15, 0.2) is 6.20 Å². The Kier molecular flexibility index (Phi) is 2.97. The van der Waals surface area contributed by atoms with Crippen molar-refractivity contribution < 1.29 is 9.84 Å². The Labute approximate surface area is 116 Å². The van der Waals surface area contributed by atoms with Gasteiger partial charge in [-0.15, -0.1) is 4.37 Å². The van der Waals surface area contributed by atoms with Crippen molar-refractivity contribution in [1.29, 1.82) is 0 Å². The van der Waals surface area contributed by atoms with Crippen molar-refractivity contribution in [2.24, 2.45) is 23.7 Å². The molecule has 1 heterocycles. The molecular weight excluding hydrogens is 262 g/mol. The molecule has 0 spiro atoms. The number of nitrogens with one attached hydrogen (secondary N) is 1. The van der Waals surface area contributed by atoms with Crippen molar-refractivity contribution in [1.82, 2.24) is 14.1 Å². The quantitative estimate of drug-likeness (QED) is 0.811. The largest absolute Gasteiger partial charge is 0.473 e. The molecular formula is C13H19N3O2S. The first-order valence-corrected chi connectivity index (χ1v) is 7.88. The van der Waals surface area contributed by atoms with Crippen LogP contribution in [0.4, 0.5) is 0 Å². The minimum absolute atomic E-state index is 0.285. The van der Waals surface area contributed by atoms with E-state index in [1.807, 2.05) is 0 Å². The maximum Gasteiger partial charge on any atom is 0.245 e. The zero-order valence-electron chi connectivity index (χ0n) is 10.7. The Morgan fingerprint density at radius 1 is 1.42 bits per heavy atom. The molecule has 0 aromatic carbocycles. The van der Waals surface area contributed by atoms with Gasteiger partial charge in [0.1, 0.15) is 18.9 Å². The minimum Gasteiger partial charge on any atom is -0.473 e. The molecule has 6 heteroatoms. The zero-order chi connectivity index (χ0) is 12.8. The third kappa shape index (κ3) is 2.15. The van der Waals surface area contributed by atoms with E-state index in [0.717, 1.165) is 35.4 Å². The topological polar surface area (TPSA) is 67.3 Å². The molecule has 5 unspecified atom stereocenters. The van der Waals surface area contributed by atoms with Crippen LogP contribution in [-0.4, -0.2) is 39.2 Å². The summed E-state index contributed by atoms with van der Waals surface area (Å²) in [7, 11) is 0. The Balaban J connectivity index is 1.19. The lowest BCUT2D eigenvalue weighted by atomic mass is 10.0. The van der Waals surface area contributed by atoms with Gasteiger partial charge >= 0.3 is 0 Å². The summed E-state index contributed by atoms with van der Waals surface area (Å²) in [5, 5.41) is 13.4. The molecule has 4 rings (SSSR count). The summed E-state index contributed by atoms with van der Waals surface area (Å²) < 4.78 is 13.2. The van der Waals surface area contributed by atoms with Crippen LogP contribution in [0.2, 0.25) is 0 Å². The standard InChI is InChI=1S/C13H19N3O2S/c17-9(6-18-10-5-15-19-16-10)4-14-13-11-7-1-2-8(3-7)12(11)13/h5,7-9,11-14,17H,1-4,6H2. The predicted molar refractivity (Wildman–Crippen MR) is 71.0 cm³/mol. The van der Waals surface area contributed by atoms with Gasteiger partial charge in [-0.05, 0) is 42.9 Å². The van der Waals surface area contributed by atoms with Gasteiger partial charge in [0.25, 0.3) is 0 Å². The lowest BCUT2D eigenvalue weighted by Gasteiger charge is -2.14. The first-order valence-electron chi connectivity index (χ1n) is 7.15. The van der Waals surface area contributed by atoms with Crippen molar-refractivity contribution in [2.75, 3.05) is 13.2 Å². The second-order valence-electron chi connectivity index (χ2n) is 6.13. The van der Waals surface area contributed by atoms with Gasteiger partial charge in [-0.3, -0.25) is 0 Å². The van der Waals surface area contributed by atoms with Crippen LogP contribution in [0.25, 0.3) is 0 Å². The molecule has 5 atom stereocenters. The van der Waals surface area contributed by atoms with Crippen LogP contribution in [-0.2, 0) is 0 Å². The van der Waals surface area contributed by atoms with E-state index in [2.05, 4.69) is 14.1 Å². The highest BCUT2D eigenvalue weighted by Gasteiger charge is 2.64. The van der Waals surface area contributed by atoms with Gasteiger partial charge in [-0.1, -0.05) is 0 Å². The fourth-order valence-electron chi connectivity index (χ4n) is 4.33. The highest BCUT2D eigenvalue weighted by molar-refractivity contribution is 6.99. The summed E-state index contributed by atoms with van der Waals surface area (Å²) in [5.41, 5.74) is 0. The van der Waals surface area contributed by atoms with E-state index < -0.39 is 6.10 Å². The molecule has 2 bridgehead atoms.